The number of carbonyl (C=O) groups is 1. The standard InChI is InChI=1S/C19H20N2O3/c22-19(21-11-15-9-13-3-1-2-4-17(13)15)14-5-7-20-18(10-14)24-16-6-8-23-12-16/h1-5,7,10,15-16H,6,8-9,11-12H2,(H,21,22)/t15-,16-/m0/s1. The number of rotatable bonds is 5. The van der Waals surface area contributed by atoms with Crippen LogP contribution in [0.4, 0.5) is 0 Å². The highest BCUT2D eigenvalue weighted by molar-refractivity contribution is 5.94. The summed E-state index contributed by atoms with van der Waals surface area (Å²) < 4.78 is 11.0. The SMILES string of the molecule is O=C(NC[C@@H]1Cc2ccccc21)c1ccnc(O[C@H]2CCOC2)c1. The number of benzene rings is 1. The van der Waals surface area contributed by atoms with Crippen molar-refractivity contribution in [3.05, 3.63) is 59.3 Å². The number of hydrogen-bond acceptors (Lipinski definition) is 4. The smallest absolute Gasteiger partial charge is 0.251 e. The van der Waals surface area contributed by atoms with Crippen molar-refractivity contribution >= 4 is 5.91 Å². The summed E-state index contributed by atoms with van der Waals surface area (Å²) in [4.78, 5) is 16.6. The van der Waals surface area contributed by atoms with Crippen LogP contribution in [-0.4, -0.2) is 36.8 Å². The van der Waals surface area contributed by atoms with Gasteiger partial charge in [-0.25, -0.2) is 4.98 Å². The van der Waals surface area contributed by atoms with Gasteiger partial charge < -0.3 is 14.8 Å². The Morgan fingerprint density at radius 2 is 2.25 bits per heavy atom. The molecule has 1 fully saturated rings. The molecule has 24 heavy (non-hydrogen) atoms. The van der Waals surface area contributed by atoms with Crippen molar-refractivity contribution in [2.75, 3.05) is 19.8 Å². The van der Waals surface area contributed by atoms with E-state index in [-0.39, 0.29) is 12.0 Å². The minimum absolute atomic E-state index is 0.0299. The maximum Gasteiger partial charge on any atom is 0.251 e. The maximum absolute atomic E-state index is 12.4. The van der Waals surface area contributed by atoms with Gasteiger partial charge in [0.2, 0.25) is 5.88 Å². The van der Waals surface area contributed by atoms with E-state index in [1.165, 1.54) is 11.1 Å². The van der Waals surface area contributed by atoms with Crippen molar-refractivity contribution in [2.24, 2.45) is 0 Å². The van der Waals surface area contributed by atoms with Gasteiger partial charge in [0.25, 0.3) is 5.91 Å². The summed E-state index contributed by atoms with van der Waals surface area (Å²) in [7, 11) is 0. The van der Waals surface area contributed by atoms with Gasteiger partial charge in [0.1, 0.15) is 6.10 Å². The Balaban J connectivity index is 1.34. The summed E-state index contributed by atoms with van der Waals surface area (Å²) >= 11 is 0. The largest absolute Gasteiger partial charge is 0.472 e. The normalized spacial score (nSPS) is 21.7. The highest BCUT2D eigenvalue weighted by Crippen LogP contribution is 2.34. The predicted octanol–water partition coefficient (Wildman–Crippen LogP) is 2.32. The lowest BCUT2D eigenvalue weighted by Gasteiger charge is -2.30. The van der Waals surface area contributed by atoms with E-state index in [0.717, 1.165) is 12.8 Å². The van der Waals surface area contributed by atoms with Crippen molar-refractivity contribution in [1.82, 2.24) is 10.3 Å². The molecule has 2 atom stereocenters. The van der Waals surface area contributed by atoms with E-state index in [0.29, 0.717) is 37.1 Å². The second-order valence-electron chi connectivity index (χ2n) is 6.30. The van der Waals surface area contributed by atoms with Crippen molar-refractivity contribution in [3.63, 3.8) is 0 Å². The average Bonchev–Trinajstić information content (AvgIpc) is 3.09. The monoisotopic (exact) mass is 324 g/mol. The fourth-order valence-electron chi connectivity index (χ4n) is 3.25. The Morgan fingerprint density at radius 1 is 1.33 bits per heavy atom. The number of ether oxygens (including phenoxy) is 2. The maximum atomic E-state index is 12.4. The number of hydrogen-bond donors (Lipinski definition) is 1. The molecule has 0 saturated carbocycles. The second kappa shape index (κ2) is 6.61. The minimum Gasteiger partial charge on any atom is -0.472 e. The van der Waals surface area contributed by atoms with Crippen LogP contribution in [0.3, 0.4) is 0 Å². The number of fused-ring (bicyclic) bond motifs is 1. The Kier molecular flexibility index (Phi) is 4.17. The first-order valence-corrected chi connectivity index (χ1v) is 8.36. The molecule has 2 aliphatic rings. The minimum atomic E-state index is -0.0886. The van der Waals surface area contributed by atoms with Crippen molar-refractivity contribution in [1.29, 1.82) is 0 Å². The molecule has 1 aromatic heterocycles. The number of amides is 1. The summed E-state index contributed by atoms with van der Waals surface area (Å²) in [6.07, 6.45) is 3.53. The van der Waals surface area contributed by atoms with Gasteiger partial charge in [-0.2, -0.15) is 0 Å². The van der Waals surface area contributed by atoms with Gasteiger partial charge >= 0.3 is 0 Å². The Bertz CT molecular complexity index is 741. The van der Waals surface area contributed by atoms with Gasteiger partial charge in [-0.05, 0) is 23.6 Å². The van der Waals surface area contributed by atoms with Crippen LogP contribution in [0.5, 0.6) is 5.88 Å². The van der Waals surface area contributed by atoms with Crippen LogP contribution in [0.25, 0.3) is 0 Å². The van der Waals surface area contributed by atoms with E-state index >= 15 is 0 Å². The third-order valence-corrected chi connectivity index (χ3v) is 4.64. The molecule has 0 spiro atoms. The first kappa shape index (κ1) is 15.1. The van der Waals surface area contributed by atoms with Gasteiger partial charge in [-0.1, -0.05) is 24.3 Å². The fraction of sp³-hybridized carbons (Fsp3) is 0.368. The molecule has 0 radical (unpaired) electrons. The van der Waals surface area contributed by atoms with Gasteiger partial charge in [0.05, 0.1) is 13.2 Å². The van der Waals surface area contributed by atoms with Crippen LogP contribution in [0.1, 0.15) is 33.8 Å². The van der Waals surface area contributed by atoms with Crippen LogP contribution in [-0.2, 0) is 11.2 Å². The zero-order valence-corrected chi connectivity index (χ0v) is 13.4. The van der Waals surface area contributed by atoms with E-state index in [1.807, 2.05) is 6.07 Å². The number of aromatic nitrogens is 1. The Hall–Kier alpha value is -2.40. The average molecular weight is 324 g/mol. The van der Waals surface area contributed by atoms with E-state index in [4.69, 9.17) is 9.47 Å². The van der Waals surface area contributed by atoms with Gasteiger partial charge in [-0.3, -0.25) is 4.79 Å². The third kappa shape index (κ3) is 3.12. The van der Waals surface area contributed by atoms with E-state index in [1.54, 1.807) is 18.3 Å². The van der Waals surface area contributed by atoms with E-state index in [2.05, 4.69) is 28.5 Å². The van der Waals surface area contributed by atoms with Crippen LogP contribution < -0.4 is 10.1 Å². The lowest BCUT2D eigenvalue weighted by Crippen LogP contribution is -2.33. The molecule has 1 aliphatic carbocycles. The first-order chi connectivity index (χ1) is 11.8. The summed E-state index contributed by atoms with van der Waals surface area (Å²) in [6.45, 7) is 1.96. The highest BCUT2D eigenvalue weighted by Gasteiger charge is 2.25. The van der Waals surface area contributed by atoms with Crippen molar-refractivity contribution in [2.45, 2.75) is 24.9 Å². The fourth-order valence-corrected chi connectivity index (χ4v) is 3.25. The molecule has 4 rings (SSSR count). The molecule has 0 unspecified atom stereocenters. The zero-order valence-electron chi connectivity index (χ0n) is 13.4. The number of carbonyl (C=O) groups excluding carboxylic acids is 1. The number of pyridine rings is 1. The summed E-state index contributed by atoms with van der Waals surface area (Å²) in [5, 5.41) is 3.02. The lowest BCUT2D eigenvalue weighted by atomic mass is 9.77. The molecule has 2 heterocycles. The summed E-state index contributed by atoms with van der Waals surface area (Å²) in [5.41, 5.74) is 3.31. The van der Waals surface area contributed by atoms with E-state index < -0.39 is 0 Å². The van der Waals surface area contributed by atoms with Gasteiger partial charge in [0, 0.05) is 36.7 Å². The second-order valence-corrected chi connectivity index (χ2v) is 6.30. The molecule has 1 amide bonds. The molecule has 1 aromatic carbocycles. The zero-order chi connectivity index (χ0) is 16.4. The summed E-state index contributed by atoms with van der Waals surface area (Å²) in [5.74, 6) is 0.805. The molecule has 0 bridgehead atoms. The molecule has 1 aliphatic heterocycles. The number of nitrogens with one attached hydrogen (secondary N) is 1. The topological polar surface area (TPSA) is 60.5 Å². The lowest BCUT2D eigenvalue weighted by molar-refractivity contribution is 0.0948. The van der Waals surface area contributed by atoms with E-state index in [9.17, 15) is 4.79 Å². The van der Waals surface area contributed by atoms with Crippen LogP contribution in [0.15, 0.2) is 42.6 Å². The van der Waals surface area contributed by atoms with Gasteiger partial charge in [0.15, 0.2) is 0 Å². The molecule has 1 saturated heterocycles. The van der Waals surface area contributed by atoms with Crippen molar-refractivity contribution < 1.29 is 14.3 Å². The highest BCUT2D eigenvalue weighted by atomic mass is 16.5. The molecule has 2 aromatic rings. The number of nitrogens with zero attached hydrogens (tertiary/aromatic N) is 1. The Morgan fingerprint density at radius 3 is 3.08 bits per heavy atom. The van der Waals surface area contributed by atoms with Crippen molar-refractivity contribution in [3.8, 4) is 5.88 Å². The van der Waals surface area contributed by atoms with Crippen LogP contribution in [0, 0.1) is 0 Å². The molecule has 5 nitrogen and oxygen atoms in total. The molecular weight excluding hydrogens is 304 g/mol. The van der Waals surface area contributed by atoms with Gasteiger partial charge in [-0.15, -0.1) is 0 Å². The Labute approximate surface area is 141 Å². The third-order valence-electron chi connectivity index (χ3n) is 4.64. The first-order valence-electron chi connectivity index (χ1n) is 8.36. The quantitative estimate of drug-likeness (QED) is 0.917. The predicted molar refractivity (Wildman–Crippen MR) is 89.3 cm³/mol. The molecule has 124 valence electrons. The summed E-state index contributed by atoms with van der Waals surface area (Å²) in [6, 6.07) is 11.8. The molecular formula is C19H20N2O3. The van der Waals surface area contributed by atoms with Crippen LogP contribution in [0.2, 0.25) is 0 Å². The molecule has 5 heteroatoms. The molecule has 1 N–H and O–H groups in total. The van der Waals surface area contributed by atoms with Crippen LogP contribution >= 0.6 is 0 Å².